The van der Waals surface area contributed by atoms with Crippen molar-refractivity contribution in [3.8, 4) is 0 Å². The van der Waals surface area contributed by atoms with E-state index < -0.39 is 5.60 Å². The minimum absolute atomic E-state index is 0.0647. The average Bonchev–Trinajstić information content (AvgIpc) is 3.32. The Morgan fingerprint density at radius 2 is 1.86 bits per heavy atom. The Hall–Kier alpha value is -2.92. The molecule has 3 aliphatic carbocycles. The van der Waals surface area contributed by atoms with Crippen LogP contribution in [0.25, 0.3) is 16.6 Å². The third-order valence-corrected chi connectivity index (χ3v) is 8.59. The number of carbonyl (C=O) groups excluding carboxylic acids is 1. The normalized spacial score (nSPS) is 23.4. The van der Waals surface area contributed by atoms with Gasteiger partial charge in [0.15, 0.2) is 0 Å². The predicted octanol–water partition coefficient (Wildman–Crippen LogP) is 6.66. The monoisotopic (exact) mass is 499 g/mol. The van der Waals surface area contributed by atoms with E-state index in [1.807, 2.05) is 26.0 Å². The maximum atomic E-state index is 13.0. The molecule has 2 aromatic carbocycles. The molecule has 1 fully saturated rings. The fourth-order valence-electron chi connectivity index (χ4n) is 6.50. The molecule has 1 heterocycles. The van der Waals surface area contributed by atoms with Crippen molar-refractivity contribution >= 4 is 22.6 Å². The van der Waals surface area contributed by atoms with Gasteiger partial charge in [-0.25, -0.2) is 4.98 Å². The third kappa shape index (κ3) is 5.38. The molecule has 0 aliphatic heterocycles. The second kappa shape index (κ2) is 10.8. The average molecular weight is 500 g/mol. The number of nitrogens with one attached hydrogen (secondary N) is 1. The number of esters is 1. The van der Waals surface area contributed by atoms with E-state index in [4.69, 9.17) is 9.72 Å². The Balaban J connectivity index is 1.28. The molecule has 0 radical (unpaired) electrons. The van der Waals surface area contributed by atoms with Crippen molar-refractivity contribution in [2.75, 3.05) is 20.1 Å². The molecule has 196 valence electrons. The van der Waals surface area contributed by atoms with Gasteiger partial charge in [0.1, 0.15) is 11.4 Å². The van der Waals surface area contributed by atoms with Gasteiger partial charge in [0.05, 0.1) is 17.0 Å². The first-order valence-electron chi connectivity index (χ1n) is 14.0. The highest BCUT2D eigenvalue weighted by molar-refractivity contribution is 5.76. The van der Waals surface area contributed by atoms with E-state index in [-0.39, 0.29) is 17.8 Å². The molecule has 1 aromatic heterocycles. The number of H-pyrrole nitrogens is 1. The number of aryl methyl sites for hydroxylation is 1. The van der Waals surface area contributed by atoms with Gasteiger partial charge in [0, 0.05) is 25.3 Å². The molecule has 6 rings (SSSR count). The van der Waals surface area contributed by atoms with Gasteiger partial charge in [-0.15, -0.1) is 0 Å². The number of fused-ring (bicyclic) bond motifs is 3. The van der Waals surface area contributed by atoms with Crippen LogP contribution in [0.4, 0.5) is 0 Å². The second-order valence-electron chi connectivity index (χ2n) is 11.5. The van der Waals surface area contributed by atoms with E-state index in [0.717, 1.165) is 62.1 Å². The number of carbonyl (C=O) groups is 1. The minimum Gasteiger partial charge on any atom is -0.458 e. The smallest absolute Gasteiger partial charge is 0.308 e. The summed E-state index contributed by atoms with van der Waals surface area (Å²) in [7, 11) is 2.19. The molecule has 2 bridgehead atoms. The fraction of sp³-hybridized carbons (Fsp3) is 0.500. The van der Waals surface area contributed by atoms with Crippen molar-refractivity contribution in [1.82, 2.24) is 14.9 Å². The lowest BCUT2D eigenvalue weighted by Gasteiger charge is -2.53. The molecule has 1 saturated carbocycles. The Labute approximate surface area is 221 Å². The highest BCUT2D eigenvalue weighted by Gasteiger charge is 2.53. The van der Waals surface area contributed by atoms with Gasteiger partial charge in [-0.1, -0.05) is 61.9 Å². The number of aromatic nitrogens is 2. The number of ether oxygens (including phenoxy) is 1. The van der Waals surface area contributed by atoms with Gasteiger partial charge >= 0.3 is 5.97 Å². The number of rotatable bonds is 10. The van der Waals surface area contributed by atoms with E-state index in [0.29, 0.717) is 5.92 Å². The summed E-state index contributed by atoms with van der Waals surface area (Å²) in [5.41, 5.74) is 5.92. The molecule has 1 N–H and O–H groups in total. The first kappa shape index (κ1) is 25.7. The lowest BCUT2D eigenvalue weighted by Crippen LogP contribution is -2.53. The summed E-state index contributed by atoms with van der Waals surface area (Å²) in [5, 5.41) is 0. The zero-order valence-electron chi connectivity index (χ0n) is 22.8. The van der Waals surface area contributed by atoms with Crippen LogP contribution < -0.4 is 0 Å². The maximum absolute atomic E-state index is 13.0. The molecule has 0 spiro atoms. The van der Waals surface area contributed by atoms with Crippen LogP contribution >= 0.6 is 0 Å². The summed E-state index contributed by atoms with van der Waals surface area (Å²) in [6.07, 6.45) is 6.07. The molecule has 0 saturated heterocycles. The molecule has 3 aliphatic rings. The maximum Gasteiger partial charge on any atom is 0.308 e. The quantitative estimate of drug-likeness (QED) is 0.317. The zero-order chi connectivity index (χ0) is 26.0. The van der Waals surface area contributed by atoms with Crippen molar-refractivity contribution in [1.29, 1.82) is 0 Å². The standard InChI is InChI=1S/C32H41N3O2/c1-22(2)31(36)37-32(21-25-16-17-26(32)30(23(25)3)24-11-6-5-7-12-24)18-20-35(4)19-10-15-29-33-27-13-8-9-14-28(27)34-29/h5-9,11-14,22,25-26H,10,15-21H2,1-4H3,(H,33,34). The highest BCUT2D eigenvalue weighted by atomic mass is 16.6. The first-order valence-corrected chi connectivity index (χ1v) is 14.0. The zero-order valence-corrected chi connectivity index (χ0v) is 22.8. The first-order chi connectivity index (χ1) is 17.9. The summed E-state index contributed by atoms with van der Waals surface area (Å²) in [4.78, 5) is 23.6. The second-order valence-corrected chi connectivity index (χ2v) is 11.5. The van der Waals surface area contributed by atoms with Crippen LogP contribution in [0.5, 0.6) is 0 Å². The summed E-state index contributed by atoms with van der Waals surface area (Å²) in [6.45, 7) is 8.09. The number of benzene rings is 2. The number of hydrogen-bond acceptors (Lipinski definition) is 4. The fourth-order valence-corrected chi connectivity index (χ4v) is 6.50. The molecule has 3 aromatic rings. The molecule has 5 nitrogen and oxygen atoms in total. The molecule has 37 heavy (non-hydrogen) atoms. The van der Waals surface area contributed by atoms with Crippen LogP contribution in [-0.4, -0.2) is 46.6 Å². The van der Waals surface area contributed by atoms with E-state index >= 15 is 0 Å². The summed E-state index contributed by atoms with van der Waals surface area (Å²) in [5.74, 6) is 1.61. The summed E-state index contributed by atoms with van der Waals surface area (Å²) in [6, 6.07) is 19.0. The minimum atomic E-state index is -0.429. The molecular formula is C32H41N3O2. The van der Waals surface area contributed by atoms with Gasteiger partial charge < -0.3 is 14.6 Å². The molecule has 3 atom stereocenters. The SMILES string of the molecule is CC1=C(c2ccccc2)C2CCC1CC2(CCN(C)CCCc1nc2ccccc2[nH]1)OC(=O)C(C)C. The number of para-hydroxylation sites is 2. The topological polar surface area (TPSA) is 58.2 Å². The van der Waals surface area contributed by atoms with Crippen LogP contribution in [-0.2, 0) is 16.0 Å². The van der Waals surface area contributed by atoms with Crippen molar-refractivity contribution in [3.63, 3.8) is 0 Å². The Kier molecular flexibility index (Phi) is 7.52. The molecular weight excluding hydrogens is 458 g/mol. The predicted molar refractivity (Wildman–Crippen MR) is 150 cm³/mol. The lowest BCUT2D eigenvalue weighted by molar-refractivity contribution is -0.176. The van der Waals surface area contributed by atoms with Gasteiger partial charge in [-0.05, 0) is 75.4 Å². The van der Waals surface area contributed by atoms with E-state index in [9.17, 15) is 4.79 Å². The molecule has 5 heteroatoms. The van der Waals surface area contributed by atoms with Crippen LogP contribution in [0, 0.1) is 17.8 Å². The van der Waals surface area contributed by atoms with Gasteiger partial charge in [0.2, 0.25) is 0 Å². The number of allylic oxidation sites excluding steroid dienone is 1. The van der Waals surface area contributed by atoms with Crippen molar-refractivity contribution in [3.05, 3.63) is 71.6 Å². The van der Waals surface area contributed by atoms with Crippen molar-refractivity contribution < 1.29 is 9.53 Å². The van der Waals surface area contributed by atoms with Gasteiger partial charge in [-0.2, -0.15) is 0 Å². The molecule has 0 amide bonds. The number of nitrogens with zero attached hydrogens (tertiary/aromatic N) is 2. The summed E-state index contributed by atoms with van der Waals surface area (Å²) < 4.78 is 6.52. The highest BCUT2D eigenvalue weighted by Crippen LogP contribution is 2.56. The Bertz CT molecular complexity index is 1230. The van der Waals surface area contributed by atoms with Crippen molar-refractivity contribution in [2.24, 2.45) is 17.8 Å². The van der Waals surface area contributed by atoms with E-state index in [1.165, 1.54) is 23.1 Å². The number of aromatic amines is 1. The van der Waals surface area contributed by atoms with Crippen molar-refractivity contribution in [2.45, 2.75) is 64.9 Å². The van der Waals surface area contributed by atoms with E-state index in [1.54, 1.807) is 0 Å². The Morgan fingerprint density at radius 1 is 1.11 bits per heavy atom. The van der Waals surface area contributed by atoms with Gasteiger partial charge in [-0.3, -0.25) is 4.79 Å². The molecule has 3 unspecified atom stereocenters. The third-order valence-electron chi connectivity index (χ3n) is 8.59. The van der Waals surface area contributed by atoms with Crippen LogP contribution in [0.3, 0.4) is 0 Å². The number of hydrogen-bond donors (Lipinski definition) is 1. The number of imidazole rings is 1. The van der Waals surface area contributed by atoms with E-state index in [2.05, 4.69) is 66.3 Å². The summed E-state index contributed by atoms with van der Waals surface area (Å²) >= 11 is 0. The van der Waals surface area contributed by atoms with Crippen LogP contribution in [0.1, 0.15) is 64.3 Å². The van der Waals surface area contributed by atoms with Crippen LogP contribution in [0.15, 0.2) is 60.2 Å². The lowest BCUT2D eigenvalue weighted by atomic mass is 9.57. The van der Waals surface area contributed by atoms with Crippen LogP contribution in [0.2, 0.25) is 0 Å². The Morgan fingerprint density at radius 3 is 2.62 bits per heavy atom. The van der Waals surface area contributed by atoms with Gasteiger partial charge in [0.25, 0.3) is 0 Å². The largest absolute Gasteiger partial charge is 0.458 e.